The molecule has 0 amide bonds. The number of allylic oxidation sites excluding steroid dienone is 2. The molecular formula is C32H26N2O10S2. The van der Waals surface area contributed by atoms with Crippen molar-refractivity contribution in [3.05, 3.63) is 140 Å². The Morgan fingerprint density at radius 3 is 1.59 bits per heavy atom. The molecule has 0 saturated heterocycles. The van der Waals surface area contributed by atoms with E-state index < -0.39 is 54.1 Å². The van der Waals surface area contributed by atoms with Gasteiger partial charge in [-0.25, -0.2) is 8.42 Å². The summed E-state index contributed by atoms with van der Waals surface area (Å²) in [5.74, 6) is -2.51. The van der Waals surface area contributed by atoms with Gasteiger partial charge in [0.25, 0.3) is 0 Å². The van der Waals surface area contributed by atoms with Crippen molar-refractivity contribution >= 4 is 56.7 Å². The maximum atomic E-state index is 12.2. The minimum atomic E-state index is -3.47. The van der Waals surface area contributed by atoms with Crippen LogP contribution in [0.25, 0.3) is 12.2 Å². The minimum Gasteiger partial charge on any atom is -0.502 e. The van der Waals surface area contributed by atoms with Crippen molar-refractivity contribution in [2.75, 3.05) is 12.5 Å². The third-order valence-electron chi connectivity index (χ3n) is 6.24. The monoisotopic (exact) mass is 662 g/mol. The number of sulfone groups is 1. The number of carbonyl (C=O) groups excluding carboxylic acids is 2. The highest BCUT2D eigenvalue weighted by Crippen LogP contribution is 2.31. The number of nitro groups is 2. The molecule has 2 N–H and O–H groups in total. The van der Waals surface area contributed by atoms with Gasteiger partial charge in [-0.2, -0.15) is 0 Å². The normalized spacial score (nSPS) is 11.2. The molecule has 0 fully saturated rings. The summed E-state index contributed by atoms with van der Waals surface area (Å²) in [6.45, 7) is 0. The third-order valence-corrected chi connectivity index (χ3v) is 8.22. The largest absolute Gasteiger partial charge is 0.502 e. The molecule has 46 heavy (non-hydrogen) atoms. The van der Waals surface area contributed by atoms with Gasteiger partial charge in [-0.3, -0.25) is 29.8 Å². The standard InChI is InChI=1S/C16H13NO6S.C16H13NO4S/c1-24(22,23)15-8-3-2-5-11(15)9-10-14(18)12-6-4-7-13(16(12)19)17(20)21;1-22-15-8-3-2-5-11(15)9-10-14(18)12-6-4-7-13(16(12)19)17(20)21/h2-10,19H,1H3;2-10,19H,1H3/b2*10-9+. The average Bonchev–Trinajstić information content (AvgIpc) is 3.02. The van der Waals surface area contributed by atoms with Crippen molar-refractivity contribution in [3.63, 3.8) is 0 Å². The van der Waals surface area contributed by atoms with Gasteiger partial charge in [-0.1, -0.05) is 48.5 Å². The maximum absolute atomic E-state index is 12.2. The van der Waals surface area contributed by atoms with Crippen LogP contribution in [-0.4, -0.2) is 52.6 Å². The van der Waals surface area contributed by atoms with Crippen LogP contribution in [0.1, 0.15) is 31.8 Å². The zero-order valence-electron chi connectivity index (χ0n) is 24.3. The Morgan fingerprint density at radius 2 is 1.13 bits per heavy atom. The van der Waals surface area contributed by atoms with Gasteiger partial charge in [0.1, 0.15) is 0 Å². The van der Waals surface area contributed by atoms with Crippen LogP contribution < -0.4 is 0 Å². The van der Waals surface area contributed by atoms with Crippen LogP contribution in [0.3, 0.4) is 0 Å². The van der Waals surface area contributed by atoms with E-state index >= 15 is 0 Å². The van der Waals surface area contributed by atoms with E-state index in [1.807, 2.05) is 30.5 Å². The molecule has 0 aliphatic rings. The predicted molar refractivity (Wildman–Crippen MR) is 174 cm³/mol. The highest BCUT2D eigenvalue weighted by atomic mass is 32.2. The van der Waals surface area contributed by atoms with Gasteiger partial charge < -0.3 is 10.2 Å². The second kappa shape index (κ2) is 15.4. The van der Waals surface area contributed by atoms with Gasteiger partial charge >= 0.3 is 11.4 Å². The van der Waals surface area contributed by atoms with E-state index in [0.717, 1.165) is 34.9 Å². The number of nitro benzene ring substituents is 2. The van der Waals surface area contributed by atoms with Crippen LogP contribution in [0.2, 0.25) is 0 Å². The average molecular weight is 663 g/mol. The summed E-state index contributed by atoms with van der Waals surface area (Å²) < 4.78 is 23.4. The summed E-state index contributed by atoms with van der Waals surface area (Å²) in [4.78, 5) is 45.4. The summed E-state index contributed by atoms with van der Waals surface area (Å²) in [6.07, 6.45) is 8.26. The fraction of sp³-hybridized carbons (Fsp3) is 0.0625. The number of nitrogens with zero attached hydrogens (tertiary/aromatic N) is 2. The quantitative estimate of drug-likeness (QED) is 0.0617. The molecule has 4 aromatic carbocycles. The van der Waals surface area contributed by atoms with Crippen molar-refractivity contribution < 1.29 is 38.1 Å². The molecule has 0 aliphatic heterocycles. The van der Waals surface area contributed by atoms with Crippen LogP contribution in [0.4, 0.5) is 11.4 Å². The Kier molecular flexibility index (Phi) is 11.7. The number of phenolic OH excluding ortho intramolecular Hbond substituents is 2. The second-order valence-corrected chi connectivity index (χ2v) is 12.1. The summed E-state index contributed by atoms with van der Waals surface area (Å²) in [5, 5.41) is 41.2. The van der Waals surface area contributed by atoms with E-state index in [2.05, 4.69) is 0 Å². The summed E-state index contributed by atoms with van der Waals surface area (Å²) >= 11 is 1.55. The Bertz CT molecular complexity index is 1990. The first kappa shape index (κ1) is 34.9. The molecule has 0 radical (unpaired) electrons. The molecule has 236 valence electrons. The number of thioether (sulfide) groups is 1. The molecule has 0 saturated carbocycles. The van der Waals surface area contributed by atoms with Crippen LogP contribution in [0.15, 0.2) is 107 Å². The fourth-order valence-corrected chi connectivity index (χ4v) is 5.50. The lowest BCUT2D eigenvalue weighted by molar-refractivity contribution is -0.386. The van der Waals surface area contributed by atoms with Crippen LogP contribution in [0.5, 0.6) is 11.5 Å². The maximum Gasteiger partial charge on any atom is 0.311 e. The molecule has 0 atom stereocenters. The van der Waals surface area contributed by atoms with E-state index in [1.165, 1.54) is 48.6 Å². The Morgan fingerprint density at radius 1 is 0.696 bits per heavy atom. The van der Waals surface area contributed by atoms with Gasteiger partial charge in [0.05, 0.1) is 25.9 Å². The van der Waals surface area contributed by atoms with E-state index in [1.54, 1.807) is 30.0 Å². The number of ketones is 2. The Balaban J connectivity index is 0.000000251. The van der Waals surface area contributed by atoms with Crippen molar-refractivity contribution in [3.8, 4) is 11.5 Å². The van der Waals surface area contributed by atoms with Crippen molar-refractivity contribution in [1.82, 2.24) is 0 Å². The molecule has 0 aliphatic carbocycles. The van der Waals surface area contributed by atoms with E-state index in [0.29, 0.717) is 5.56 Å². The number of hydrogen-bond donors (Lipinski definition) is 2. The molecule has 4 rings (SSSR count). The smallest absolute Gasteiger partial charge is 0.311 e. The SMILES string of the molecule is CS(=O)(=O)c1ccccc1/C=C/C(=O)c1cccc([N+](=O)[O-])c1O.CSc1ccccc1/C=C/C(=O)c1cccc([N+](=O)[O-])c1O. The van der Waals surface area contributed by atoms with Gasteiger partial charge in [-0.05, 0) is 66.0 Å². The molecule has 0 aromatic heterocycles. The molecular weight excluding hydrogens is 636 g/mol. The zero-order valence-corrected chi connectivity index (χ0v) is 25.9. The van der Waals surface area contributed by atoms with Crippen molar-refractivity contribution in [2.24, 2.45) is 0 Å². The number of phenols is 2. The number of para-hydroxylation sites is 2. The molecule has 14 heteroatoms. The van der Waals surface area contributed by atoms with Gasteiger partial charge in [0, 0.05) is 23.3 Å². The lowest BCUT2D eigenvalue weighted by Gasteiger charge is -2.03. The highest BCUT2D eigenvalue weighted by molar-refractivity contribution is 7.98. The first-order valence-electron chi connectivity index (χ1n) is 13.1. The van der Waals surface area contributed by atoms with E-state index in [-0.39, 0.29) is 16.0 Å². The molecule has 0 bridgehead atoms. The topological polar surface area (TPSA) is 195 Å². The van der Waals surface area contributed by atoms with E-state index in [4.69, 9.17) is 0 Å². The number of aromatic hydroxyl groups is 2. The molecule has 0 spiro atoms. The molecule has 0 unspecified atom stereocenters. The first-order valence-corrected chi connectivity index (χ1v) is 16.2. The number of carbonyl (C=O) groups is 2. The van der Waals surface area contributed by atoms with Gasteiger partial charge in [0.2, 0.25) is 11.5 Å². The summed E-state index contributed by atoms with van der Waals surface area (Å²) in [5.41, 5.74) is -0.217. The van der Waals surface area contributed by atoms with Gasteiger partial charge in [0.15, 0.2) is 21.4 Å². The van der Waals surface area contributed by atoms with Crippen molar-refractivity contribution in [2.45, 2.75) is 9.79 Å². The predicted octanol–water partition coefficient (Wildman–Crippen LogP) is 6.52. The first-order chi connectivity index (χ1) is 21.8. The Hall–Kier alpha value is -5.60. The summed E-state index contributed by atoms with van der Waals surface area (Å²) in [6, 6.07) is 21.1. The van der Waals surface area contributed by atoms with E-state index in [9.17, 15) is 48.4 Å². The third kappa shape index (κ3) is 8.74. The lowest BCUT2D eigenvalue weighted by atomic mass is 10.1. The van der Waals surface area contributed by atoms with Crippen LogP contribution in [-0.2, 0) is 9.84 Å². The van der Waals surface area contributed by atoms with Crippen LogP contribution in [0, 0.1) is 20.2 Å². The number of hydrogen-bond acceptors (Lipinski definition) is 11. The second-order valence-electron chi connectivity index (χ2n) is 9.31. The number of rotatable bonds is 10. The van der Waals surface area contributed by atoms with Crippen LogP contribution >= 0.6 is 11.8 Å². The number of benzene rings is 4. The minimum absolute atomic E-state index is 0.0531. The fourth-order valence-electron chi connectivity index (χ4n) is 4.03. The Labute approximate surface area is 267 Å². The zero-order chi connectivity index (χ0) is 34.0. The van der Waals surface area contributed by atoms with Crippen molar-refractivity contribution in [1.29, 1.82) is 0 Å². The molecule has 12 nitrogen and oxygen atoms in total. The molecule has 4 aromatic rings. The molecule has 0 heterocycles. The summed E-state index contributed by atoms with van der Waals surface area (Å²) in [7, 11) is -3.47. The van der Waals surface area contributed by atoms with Gasteiger partial charge in [-0.15, -0.1) is 11.8 Å². The lowest BCUT2D eigenvalue weighted by Crippen LogP contribution is -2.00. The highest BCUT2D eigenvalue weighted by Gasteiger charge is 2.21.